The van der Waals surface area contributed by atoms with Crippen LogP contribution in [0, 0.1) is 0 Å². The van der Waals surface area contributed by atoms with Crippen molar-refractivity contribution in [2.45, 2.75) is 42.8 Å². The van der Waals surface area contributed by atoms with Crippen LogP contribution in [0.2, 0.25) is 0 Å². The topological polar surface area (TPSA) is 82.2 Å². The maximum atomic E-state index is 13.0. The van der Waals surface area contributed by atoms with Crippen LogP contribution < -0.4 is 0 Å². The quantitative estimate of drug-likeness (QED) is 0.799. The summed E-state index contributed by atoms with van der Waals surface area (Å²) in [4.78, 5) is 4.30. The number of aromatic nitrogens is 4. The normalized spacial score (nSPS) is 25.5. The van der Waals surface area contributed by atoms with E-state index in [0.717, 1.165) is 19.3 Å². The maximum Gasteiger partial charge on any atom is 0.246 e. The lowest BCUT2D eigenvalue weighted by Gasteiger charge is -2.23. The van der Waals surface area contributed by atoms with E-state index in [1.165, 1.54) is 6.20 Å². The van der Waals surface area contributed by atoms with E-state index in [1.54, 1.807) is 27.7 Å². The van der Waals surface area contributed by atoms with Crippen molar-refractivity contribution in [2.75, 3.05) is 19.8 Å². The first kappa shape index (κ1) is 15.8. The third-order valence-electron chi connectivity index (χ3n) is 4.77. The molecule has 2 unspecified atom stereocenters. The largest absolute Gasteiger partial charge is 0.379 e. The van der Waals surface area contributed by atoms with Gasteiger partial charge in [0.25, 0.3) is 0 Å². The molecule has 8 nitrogen and oxygen atoms in total. The first-order chi connectivity index (χ1) is 11.6. The fourth-order valence-electron chi connectivity index (χ4n) is 3.47. The van der Waals surface area contributed by atoms with Crippen LogP contribution in [0.1, 0.15) is 25.3 Å². The number of hydrogen-bond donors (Lipinski definition) is 0. The molecule has 0 bridgehead atoms. The summed E-state index contributed by atoms with van der Waals surface area (Å²) in [5.74, 6) is 0. The number of hydrogen-bond acceptors (Lipinski definition) is 5. The van der Waals surface area contributed by atoms with Gasteiger partial charge in [-0.15, -0.1) is 0 Å². The van der Waals surface area contributed by atoms with Gasteiger partial charge in [-0.3, -0.25) is 4.68 Å². The van der Waals surface area contributed by atoms with Crippen LogP contribution in [0.5, 0.6) is 0 Å². The lowest BCUT2D eigenvalue weighted by atomic mass is 10.2. The van der Waals surface area contributed by atoms with E-state index in [-0.39, 0.29) is 17.0 Å². The second kappa shape index (κ2) is 6.30. The summed E-state index contributed by atoms with van der Waals surface area (Å²) >= 11 is 0. The zero-order valence-electron chi connectivity index (χ0n) is 13.4. The summed E-state index contributed by atoms with van der Waals surface area (Å²) in [7, 11) is -3.52. The molecule has 0 N–H and O–H groups in total. The third-order valence-corrected chi connectivity index (χ3v) is 6.67. The van der Waals surface area contributed by atoms with E-state index in [0.29, 0.717) is 26.3 Å². The van der Waals surface area contributed by atoms with Gasteiger partial charge in [0, 0.05) is 44.3 Å². The van der Waals surface area contributed by atoms with Gasteiger partial charge in [-0.1, -0.05) is 0 Å². The second-order valence-electron chi connectivity index (χ2n) is 6.34. The molecule has 9 heteroatoms. The number of ether oxygens (including phenoxy) is 1. The van der Waals surface area contributed by atoms with Crippen LogP contribution in [0.25, 0.3) is 0 Å². The van der Waals surface area contributed by atoms with Crippen molar-refractivity contribution in [1.29, 1.82) is 0 Å². The predicted octanol–water partition coefficient (Wildman–Crippen LogP) is 0.894. The molecule has 130 valence electrons. The van der Waals surface area contributed by atoms with Gasteiger partial charge >= 0.3 is 0 Å². The summed E-state index contributed by atoms with van der Waals surface area (Å²) < 4.78 is 36.7. The number of imidazole rings is 1. The van der Waals surface area contributed by atoms with E-state index in [4.69, 9.17) is 4.74 Å². The van der Waals surface area contributed by atoms with E-state index in [9.17, 15) is 8.42 Å². The molecule has 24 heavy (non-hydrogen) atoms. The van der Waals surface area contributed by atoms with Crippen molar-refractivity contribution in [1.82, 2.24) is 23.6 Å². The fraction of sp³-hybridized carbons (Fsp3) is 0.600. The van der Waals surface area contributed by atoms with Crippen LogP contribution in [0.15, 0.2) is 36.0 Å². The lowest BCUT2D eigenvalue weighted by molar-refractivity contribution is 0.184. The van der Waals surface area contributed by atoms with Gasteiger partial charge in [0.1, 0.15) is 4.90 Å². The Hall–Kier alpha value is -1.71. The van der Waals surface area contributed by atoms with Gasteiger partial charge in [0.15, 0.2) is 0 Å². The minimum atomic E-state index is -3.52. The van der Waals surface area contributed by atoms with Crippen molar-refractivity contribution in [2.24, 2.45) is 0 Å². The summed E-state index contributed by atoms with van der Waals surface area (Å²) in [6.45, 7) is 2.48. The van der Waals surface area contributed by atoms with Crippen molar-refractivity contribution in [3.63, 3.8) is 0 Å². The van der Waals surface area contributed by atoms with Crippen molar-refractivity contribution < 1.29 is 13.2 Å². The Morgan fingerprint density at radius 3 is 3.00 bits per heavy atom. The molecule has 0 saturated carbocycles. The third kappa shape index (κ3) is 2.87. The fourth-order valence-corrected chi connectivity index (χ4v) is 5.09. The van der Waals surface area contributed by atoms with E-state index in [2.05, 4.69) is 10.1 Å². The minimum Gasteiger partial charge on any atom is -0.379 e. The van der Waals surface area contributed by atoms with Crippen LogP contribution in [0.4, 0.5) is 0 Å². The smallest absolute Gasteiger partial charge is 0.246 e. The Morgan fingerprint density at radius 2 is 2.25 bits per heavy atom. The van der Waals surface area contributed by atoms with Crippen molar-refractivity contribution in [3.05, 3.63) is 31.1 Å². The predicted molar refractivity (Wildman–Crippen MR) is 85.8 cm³/mol. The van der Waals surface area contributed by atoms with Gasteiger partial charge in [-0.2, -0.15) is 9.40 Å². The maximum absolute atomic E-state index is 13.0. The highest BCUT2D eigenvalue weighted by atomic mass is 32.2. The first-order valence-electron chi connectivity index (χ1n) is 8.24. The zero-order chi connectivity index (χ0) is 16.6. The van der Waals surface area contributed by atoms with Crippen LogP contribution >= 0.6 is 0 Å². The molecule has 4 heterocycles. The molecule has 2 saturated heterocycles. The Bertz CT molecular complexity index is 780. The van der Waals surface area contributed by atoms with Gasteiger partial charge in [0.2, 0.25) is 10.0 Å². The summed E-state index contributed by atoms with van der Waals surface area (Å²) in [6, 6.07) is 0.0941. The van der Waals surface area contributed by atoms with Gasteiger partial charge in [-0.25, -0.2) is 13.4 Å². The Morgan fingerprint density at radius 1 is 1.33 bits per heavy atom. The highest BCUT2D eigenvalue weighted by molar-refractivity contribution is 7.89. The number of nitrogens with zero attached hydrogens (tertiary/aromatic N) is 5. The standard InChI is InChI=1S/C15H21N5O3S/c21-24(22,15-8-17-19(10-15)14-3-7-23-11-14)20-5-1-2-13(20)9-18-6-4-16-12-18/h4,6,8,10,12-14H,1-3,5,7,9,11H2. The highest BCUT2D eigenvalue weighted by Crippen LogP contribution is 2.28. The number of rotatable bonds is 5. The Labute approximate surface area is 141 Å². The second-order valence-corrected chi connectivity index (χ2v) is 8.24. The molecular weight excluding hydrogens is 330 g/mol. The summed E-state index contributed by atoms with van der Waals surface area (Å²) in [5, 5.41) is 4.25. The molecule has 0 spiro atoms. The van der Waals surface area contributed by atoms with Crippen LogP contribution in [-0.4, -0.2) is 57.9 Å². The van der Waals surface area contributed by atoms with Gasteiger partial charge in [-0.05, 0) is 19.3 Å². The van der Waals surface area contributed by atoms with E-state index in [1.807, 2.05) is 10.8 Å². The molecule has 0 radical (unpaired) electrons. The molecule has 2 aliphatic rings. The van der Waals surface area contributed by atoms with Crippen LogP contribution in [-0.2, 0) is 21.3 Å². The van der Waals surface area contributed by atoms with Gasteiger partial charge < -0.3 is 9.30 Å². The summed E-state index contributed by atoms with van der Waals surface area (Å²) in [6.07, 6.45) is 11.0. The zero-order valence-corrected chi connectivity index (χ0v) is 14.2. The molecule has 0 amide bonds. The first-order valence-corrected chi connectivity index (χ1v) is 9.68. The van der Waals surface area contributed by atoms with E-state index >= 15 is 0 Å². The molecule has 2 fully saturated rings. The number of sulfonamides is 1. The molecule has 2 aromatic heterocycles. The average molecular weight is 351 g/mol. The minimum absolute atomic E-state index is 0.0395. The van der Waals surface area contributed by atoms with E-state index < -0.39 is 10.0 Å². The SMILES string of the molecule is O=S(=O)(c1cnn(C2CCOC2)c1)N1CCCC1Cn1ccnc1. The van der Waals surface area contributed by atoms with Gasteiger partial charge in [0.05, 0.1) is 25.2 Å². The average Bonchev–Trinajstić information content (AvgIpc) is 3.34. The van der Waals surface area contributed by atoms with Crippen LogP contribution in [0.3, 0.4) is 0 Å². The monoisotopic (exact) mass is 351 g/mol. The molecule has 0 aliphatic carbocycles. The molecule has 2 aromatic rings. The Kier molecular flexibility index (Phi) is 4.15. The van der Waals surface area contributed by atoms with Crippen molar-refractivity contribution in [3.8, 4) is 0 Å². The molecule has 2 aliphatic heterocycles. The van der Waals surface area contributed by atoms with Crippen molar-refractivity contribution >= 4 is 10.0 Å². The molecule has 4 rings (SSSR count). The lowest BCUT2D eigenvalue weighted by Crippen LogP contribution is -2.37. The Balaban J connectivity index is 1.55. The molecular formula is C15H21N5O3S. The molecule has 2 atom stereocenters. The highest BCUT2D eigenvalue weighted by Gasteiger charge is 2.36. The summed E-state index contributed by atoms with van der Waals surface area (Å²) in [5.41, 5.74) is 0. The molecule has 0 aromatic carbocycles.